The first kappa shape index (κ1) is 12.8. The summed E-state index contributed by atoms with van der Waals surface area (Å²) in [5.74, 6) is -0.385. The van der Waals surface area contributed by atoms with E-state index in [0.717, 1.165) is 0 Å². The molecule has 0 amide bonds. The van der Waals surface area contributed by atoms with Gasteiger partial charge in [-0.15, -0.1) is 0 Å². The molecule has 0 spiro atoms. The van der Waals surface area contributed by atoms with Crippen LogP contribution in [0.15, 0.2) is 0 Å². The van der Waals surface area contributed by atoms with Crippen molar-refractivity contribution in [2.24, 2.45) is 11.8 Å². The van der Waals surface area contributed by atoms with Crippen molar-refractivity contribution < 1.29 is 20.4 Å². The molecule has 4 nitrogen and oxygen atoms in total. The Kier molecular flexibility index (Phi) is 6.24. The van der Waals surface area contributed by atoms with E-state index < -0.39 is 12.2 Å². The maximum Gasteiger partial charge on any atom is 0.0802 e. The van der Waals surface area contributed by atoms with E-state index in [1.807, 2.05) is 6.92 Å². The maximum absolute atomic E-state index is 9.39. The lowest BCUT2D eigenvalue weighted by molar-refractivity contribution is -0.0292. The van der Waals surface area contributed by atoms with E-state index in [-0.39, 0.29) is 25.0 Å². The maximum atomic E-state index is 9.39. The molecule has 0 aliphatic carbocycles. The first-order chi connectivity index (χ1) is 6.08. The summed E-state index contributed by atoms with van der Waals surface area (Å²) in [7, 11) is 0. The molecule has 0 rings (SSSR count). The third-order valence-electron chi connectivity index (χ3n) is 2.62. The molecule has 13 heavy (non-hydrogen) atoms. The van der Waals surface area contributed by atoms with Gasteiger partial charge in [0.2, 0.25) is 0 Å². The van der Waals surface area contributed by atoms with E-state index >= 15 is 0 Å². The molecule has 4 N–H and O–H groups in total. The van der Waals surface area contributed by atoms with Crippen molar-refractivity contribution in [2.45, 2.75) is 32.5 Å². The molecule has 0 saturated carbocycles. The minimum Gasteiger partial charge on any atom is -0.394 e. The Morgan fingerprint density at radius 1 is 1.00 bits per heavy atom. The first-order valence-electron chi connectivity index (χ1n) is 4.66. The molecule has 0 aliphatic rings. The van der Waals surface area contributed by atoms with Crippen molar-refractivity contribution in [3.8, 4) is 0 Å². The third-order valence-corrected chi connectivity index (χ3v) is 2.62. The van der Waals surface area contributed by atoms with Crippen LogP contribution in [0.25, 0.3) is 0 Å². The van der Waals surface area contributed by atoms with Gasteiger partial charge in [-0.1, -0.05) is 20.3 Å². The van der Waals surface area contributed by atoms with Crippen molar-refractivity contribution in [1.82, 2.24) is 0 Å². The summed E-state index contributed by atoms with van der Waals surface area (Å²) >= 11 is 0. The number of rotatable bonds is 6. The molecule has 4 heteroatoms. The standard InChI is InChI=1S/C9H20O4/c1-3-7(9(13)5-11)6(2)8(12)4-10/h6-13H,3-5H2,1-2H3. The van der Waals surface area contributed by atoms with Crippen LogP contribution >= 0.6 is 0 Å². The molecule has 0 radical (unpaired) electrons. The average Bonchev–Trinajstić information content (AvgIpc) is 2.17. The van der Waals surface area contributed by atoms with Crippen LogP contribution in [0.2, 0.25) is 0 Å². The molecule has 0 fully saturated rings. The van der Waals surface area contributed by atoms with Crippen molar-refractivity contribution in [3.05, 3.63) is 0 Å². The summed E-state index contributed by atoms with van der Waals surface area (Å²) < 4.78 is 0. The van der Waals surface area contributed by atoms with Gasteiger partial charge in [0.05, 0.1) is 25.4 Å². The normalized spacial score (nSPS) is 20.8. The van der Waals surface area contributed by atoms with Crippen LogP contribution in [-0.4, -0.2) is 45.8 Å². The van der Waals surface area contributed by atoms with E-state index in [1.165, 1.54) is 0 Å². The van der Waals surface area contributed by atoms with Gasteiger partial charge in [-0.2, -0.15) is 0 Å². The fourth-order valence-electron chi connectivity index (χ4n) is 1.58. The predicted octanol–water partition coefficient (Wildman–Crippen LogP) is -0.645. The first-order valence-corrected chi connectivity index (χ1v) is 4.66. The Hall–Kier alpha value is -0.160. The lowest BCUT2D eigenvalue weighted by Crippen LogP contribution is -2.36. The summed E-state index contributed by atoms with van der Waals surface area (Å²) in [5, 5.41) is 36.2. The highest BCUT2D eigenvalue weighted by Gasteiger charge is 2.27. The van der Waals surface area contributed by atoms with Crippen LogP contribution in [0, 0.1) is 11.8 Å². The van der Waals surface area contributed by atoms with E-state index in [2.05, 4.69) is 0 Å². The highest BCUT2D eigenvalue weighted by molar-refractivity contribution is 4.77. The third kappa shape index (κ3) is 3.60. The summed E-state index contributed by atoms with van der Waals surface area (Å²) in [4.78, 5) is 0. The summed E-state index contributed by atoms with van der Waals surface area (Å²) in [6.07, 6.45) is -0.979. The van der Waals surface area contributed by atoms with Crippen molar-refractivity contribution in [1.29, 1.82) is 0 Å². The molecule has 4 unspecified atom stereocenters. The largest absolute Gasteiger partial charge is 0.394 e. The zero-order valence-electron chi connectivity index (χ0n) is 8.22. The molecular formula is C9H20O4. The number of hydrogen-bond acceptors (Lipinski definition) is 4. The van der Waals surface area contributed by atoms with Gasteiger partial charge in [-0.3, -0.25) is 0 Å². The number of hydrogen-bond donors (Lipinski definition) is 4. The molecule has 0 aromatic carbocycles. The second-order valence-corrected chi connectivity index (χ2v) is 3.43. The predicted molar refractivity (Wildman–Crippen MR) is 49.1 cm³/mol. The molecule has 0 aliphatic heterocycles. The minimum atomic E-state index is -0.828. The SMILES string of the molecule is CCC(C(O)CO)C(C)C(O)CO. The summed E-state index contributed by atoms with van der Waals surface area (Å²) in [6, 6.07) is 0. The van der Waals surface area contributed by atoms with Crippen molar-refractivity contribution >= 4 is 0 Å². The van der Waals surface area contributed by atoms with Gasteiger partial charge in [-0.05, 0) is 11.8 Å². The molecular weight excluding hydrogens is 172 g/mol. The van der Waals surface area contributed by atoms with E-state index in [9.17, 15) is 10.2 Å². The van der Waals surface area contributed by atoms with Gasteiger partial charge in [0, 0.05) is 0 Å². The van der Waals surface area contributed by atoms with Crippen LogP contribution in [0.1, 0.15) is 20.3 Å². The van der Waals surface area contributed by atoms with E-state index in [1.54, 1.807) is 6.92 Å². The number of aliphatic hydroxyl groups is 4. The lowest BCUT2D eigenvalue weighted by atomic mass is 9.83. The molecule has 0 saturated heterocycles. The fraction of sp³-hybridized carbons (Fsp3) is 1.00. The van der Waals surface area contributed by atoms with Crippen LogP contribution in [0.4, 0.5) is 0 Å². The zero-order valence-corrected chi connectivity index (χ0v) is 8.22. The second-order valence-electron chi connectivity index (χ2n) is 3.43. The minimum absolute atomic E-state index is 0.174. The van der Waals surface area contributed by atoms with Gasteiger partial charge in [-0.25, -0.2) is 0 Å². The Balaban J connectivity index is 4.21. The van der Waals surface area contributed by atoms with Crippen LogP contribution in [-0.2, 0) is 0 Å². The van der Waals surface area contributed by atoms with Gasteiger partial charge in [0.1, 0.15) is 0 Å². The van der Waals surface area contributed by atoms with E-state index in [0.29, 0.717) is 6.42 Å². The Bertz CT molecular complexity index is 129. The second kappa shape index (κ2) is 6.32. The average molecular weight is 192 g/mol. The van der Waals surface area contributed by atoms with Gasteiger partial charge in [0.25, 0.3) is 0 Å². The lowest BCUT2D eigenvalue weighted by Gasteiger charge is -2.29. The Morgan fingerprint density at radius 3 is 1.77 bits per heavy atom. The molecule has 80 valence electrons. The summed E-state index contributed by atoms with van der Waals surface area (Å²) in [6.45, 7) is 3.02. The van der Waals surface area contributed by atoms with Crippen molar-refractivity contribution in [3.63, 3.8) is 0 Å². The Labute approximate surface area is 78.8 Å². The molecule has 4 atom stereocenters. The molecule has 0 heterocycles. The van der Waals surface area contributed by atoms with Gasteiger partial charge < -0.3 is 20.4 Å². The topological polar surface area (TPSA) is 80.9 Å². The highest BCUT2D eigenvalue weighted by atomic mass is 16.3. The monoisotopic (exact) mass is 192 g/mol. The molecule has 0 aromatic rings. The summed E-state index contributed by atoms with van der Waals surface area (Å²) in [5.41, 5.74) is 0. The van der Waals surface area contributed by atoms with E-state index in [4.69, 9.17) is 10.2 Å². The van der Waals surface area contributed by atoms with Gasteiger partial charge >= 0.3 is 0 Å². The quantitative estimate of drug-likeness (QED) is 0.451. The molecule has 0 bridgehead atoms. The van der Waals surface area contributed by atoms with Gasteiger partial charge in [0.15, 0.2) is 0 Å². The Morgan fingerprint density at radius 2 is 1.46 bits per heavy atom. The highest BCUT2D eigenvalue weighted by Crippen LogP contribution is 2.22. The molecule has 0 aromatic heterocycles. The van der Waals surface area contributed by atoms with Crippen molar-refractivity contribution in [2.75, 3.05) is 13.2 Å². The van der Waals surface area contributed by atoms with Crippen LogP contribution in [0.3, 0.4) is 0 Å². The zero-order chi connectivity index (χ0) is 10.4. The smallest absolute Gasteiger partial charge is 0.0802 e. The number of aliphatic hydroxyl groups excluding tert-OH is 4. The fourth-order valence-corrected chi connectivity index (χ4v) is 1.58. The van der Waals surface area contributed by atoms with Crippen LogP contribution < -0.4 is 0 Å². The van der Waals surface area contributed by atoms with Crippen LogP contribution in [0.5, 0.6) is 0 Å².